The van der Waals surface area contributed by atoms with Crippen LogP contribution in [0.5, 0.6) is 0 Å². The van der Waals surface area contributed by atoms with Gasteiger partial charge in [-0.15, -0.1) is 0 Å². The molecule has 1 atom stereocenters. The Morgan fingerprint density at radius 2 is 1.92 bits per heavy atom. The molecule has 1 aromatic rings. The second kappa shape index (κ2) is 8.59. The minimum Gasteiger partial charge on any atom is -0.368 e. The Hall–Kier alpha value is -1.30. The summed E-state index contributed by atoms with van der Waals surface area (Å²) in [5.74, 6) is 0.235. The van der Waals surface area contributed by atoms with Crippen molar-refractivity contribution in [3.8, 4) is 0 Å². The summed E-state index contributed by atoms with van der Waals surface area (Å²) in [6.07, 6.45) is 1.30. The minimum atomic E-state index is -3.89. The van der Waals surface area contributed by atoms with Crippen LogP contribution in [0.25, 0.3) is 0 Å². The molecule has 1 heterocycles. The highest BCUT2D eigenvalue weighted by atomic mass is 32.2. The van der Waals surface area contributed by atoms with E-state index in [1.807, 2.05) is 6.92 Å². The molecule has 2 rings (SSSR count). The average molecular weight is 422 g/mol. The first kappa shape index (κ1) is 21.0. The predicted octanol–water partition coefficient (Wildman–Crippen LogP) is 0.820. The van der Waals surface area contributed by atoms with Crippen LogP contribution in [-0.2, 0) is 24.8 Å². The lowest BCUT2D eigenvalue weighted by Crippen LogP contribution is -2.52. The number of thioether (sulfide) groups is 1. The minimum absolute atomic E-state index is 0.00726. The Bertz CT molecular complexity index is 838. The average Bonchev–Trinajstić information content (AvgIpc) is 2.60. The molecule has 11 heteroatoms. The first-order chi connectivity index (χ1) is 12.2. The number of hydrogen-bond acceptors (Lipinski definition) is 6. The molecule has 0 saturated carbocycles. The van der Waals surface area contributed by atoms with Crippen molar-refractivity contribution in [1.82, 2.24) is 4.31 Å². The van der Waals surface area contributed by atoms with E-state index in [4.69, 9.17) is 5.73 Å². The molecular weight excluding hydrogens is 398 g/mol. The maximum absolute atomic E-state index is 12.8. The van der Waals surface area contributed by atoms with Gasteiger partial charge in [0.1, 0.15) is 6.04 Å². The van der Waals surface area contributed by atoms with Crippen molar-refractivity contribution >= 4 is 43.4 Å². The van der Waals surface area contributed by atoms with Gasteiger partial charge >= 0.3 is 0 Å². The van der Waals surface area contributed by atoms with E-state index in [1.165, 1.54) is 36.0 Å². The molecule has 1 amide bonds. The SMILES string of the molecule is CCCCS(=O)(=O)Nc1ccc(S(=O)(=O)N2CCSC[C@H]2C(N)=O)cc1. The molecule has 0 unspecified atom stereocenters. The van der Waals surface area contributed by atoms with Gasteiger partial charge in [-0.05, 0) is 30.7 Å². The number of benzene rings is 1. The predicted molar refractivity (Wildman–Crippen MR) is 103 cm³/mol. The topological polar surface area (TPSA) is 127 Å². The third kappa shape index (κ3) is 5.12. The van der Waals surface area contributed by atoms with Gasteiger partial charge in [-0.2, -0.15) is 16.1 Å². The van der Waals surface area contributed by atoms with Gasteiger partial charge in [0.05, 0.1) is 10.6 Å². The van der Waals surface area contributed by atoms with Crippen LogP contribution in [0.3, 0.4) is 0 Å². The molecule has 0 aromatic heterocycles. The molecule has 0 bridgehead atoms. The summed E-state index contributed by atoms with van der Waals surface area (Å²) in [5, 5.41) is 0. The molecule has 1 aliphatic rings. The Kier molecular flexibility index (Phi) is 6.94. The lowest BCUT2D eigenvalue weighted by Gasteiger charge is -2.32. The molecule has 8 nitrogen and oxygen atoms in total. The van der Waals surface area contributed by atoms with Crippen LogP contribution < -0.4 is 10.5 Å². The Morgan fingerprint density at radius 3 is 2.50 bits per heavy atom. The number of nitrogens with zero attached hydrogens (tertiary/aromatic N) is 1. The molecule has 1 saturated heterocycles. The van der Waals surface area contributed by atoms with Crippen molar-refractivity contribution in [2.75, 3.05) is 28.5 Å². The Labute approximate surface area is 158 Å². The third-order valence-electron chi connectivity index (χ3n) is 3.91. The van der Waals surface area contributed by atoms with Crippen LogP contribution >= 0.6 is 11.8 Å². The van der Waals surface area contributed by atoms with Gasteiger partial charge in [-0.25, -0.2) is 16.8 Å². The van der Waals surface area contributed by atoms with Gasteiger partial charge in [0.25, 0.3) is 0 Å². The smallest absolute Gasteiger partial charge is 0.243 e. The van der Waals surface area contributed by atoms with E-state index < -0.39 is 32.0 Å². The van der Waals surface area contributed by atoms with E-state index in [-0.39, 0.29) is 17.2 Å². The maximum Gasteiger partial charge on any atom is 0.243 e. The number of unbranched alkanes of at least 4 members (excludes halogenated alkanes) is 1. The molecule has 1 aliphatic heterocycles. The van der Waals surface area contributed by atoms with E-state index in [2.05, 4.69) is 4.72 Å². The van der Waals surface area contributed by atoms with Gasteiger partial charge in [-0.1, -0.05) is 13.3 Å². The van der Waals surface area contributed by atoms with Crippen molar-refractivity contribution in [1.29, 1.82) is 0 Å². The molecule has 1 fully saturated rings. The van der Waals surface area contributed by atoms with E-state index in [1.54, 1.807) is 0 Å². The highest BCUT2D eigenvalue weighted by Crippen LogP contribution is 2.25. The highest BCUT2D eigenvalue weighted by Gasteiger charge is 2.36. The summed E-state index contributed by atoms with van der Waals surface area (Å²) in [4.78, 5) is 11.6. The van der Waals surface area contributed by atoms with Gasteiger partial charge in [-0.3, -0.25) is 9.52 Å². The fraction of sp³-hybridized carbons (Fsp3) is 0.533. The number of nitrogens with one attached hydrogen (secondary N) is 1. The van der Waals surface area contributed by atoms with E-state index in [9.17, 15) is 21.6 Å². The molecule has 26 heavy (non-hydrogen) atoms. The summed E-state index contributed by atoms with van der Waals surface area (Å²) in [7, 11) is -7.35. The molecule has 0 radical (unpaired) electrons. The van der Waals surface area contributed by atoms with Gasteiger partial charge in [0.15, 0.2) is 0 Å². The maximum atomic E-state index is 12.8. The first-order valence-corrected chi connectivity index (χ1v) is 12.4. The molecule has 146 valence electrons. The van der Waals surface area contributed by atoms with Crippen LogP contribution in [0, 0.1) is 0 Å². The first-order valence-electron chi connectivity index (χ1n) is 8.17. The van der Waals surface area contributed by atoms with Crippen molar-refractivity contribution in [3.63, 3.8) is 0 Å². The van der Waals surface area contributed by atoms with Crippen molar-refractivity contribution < 1.29 is 21.6 Å². The van der Waals surface area contributed by atoms with Crippen molar-refractivity contribution in [3.05, 3.63) is 24.3 Å². The molecule has 1 aromatic carbocycles. The van der Waals surface area contributed by atoms with Gasteiger partial charge < -0.3 is 5.73 Å². The monoisotopic (exact) mass is 421 g/mol. The quantitative estimate of drug-likeness (QED) is 0.640. The fourth-order valence-corrected chi connectivity index (χ4v) is 6.63. The van der Waals surface area contributed by atoms with Crippen molar-refractivity contribution in [2.45, 2.75) is 30.7 Å². The summed E-state index contributed by atoms with van der Waals surface area (Å²) in [6.45, 7) is 2.10. The summed E-state index contributed by atoms with van der Waals surface area (Å²) >= 11 is 1.48. The lowest BCUT2D eigenvalue weighted by molar-refractivity contribution is -0.121. The molecular formula is C15H23N3O5S3. The van der Waals surface area contributed by atoms with Gasteiger partial charge in [0, 0.05) is 23.7 Å². The fourth-order valence-electron chi connectivity index (χ4n) is 2.50. The van der Waals surface area contributed by atoms with Crippen molar-refractivity contribution in [2.24, 2.45) is 5.73 Å². The number of hydrogen-bond donors (Lipinski definition) is 2. The number of primary amides is 1. The number of rotatable bonds is 8. The molecule has 3 N–H and O–H groups in total. The van der Waals surface area contributed by atoms with Crippen LogP contribution in [-0.4, -0.2) is 56.9 Å². The number of carbonyl (C=O) groups is 1. The second-order valence-corrected chi connectivity index (χ2v) is 10.8. The standard InChI is InChI=1S/C15H23N3O5S3/c1-2-3-10-25(20,21)17-12-4-6-13(7-5-12)26(22,23)18-8-9-24-11-14(18)15(16)19/h4-7,14,17H,2-3,8-11H2,1H3,(H2,16,19)/t14-/m0/s1. The number of sulfonamides is 2. The van der Waals surface area contributed by atoms with E-state index >= 15 is 0 Å². The number of anilines is 1. The lowest BCUT2D eigenvalue weighted by atomic mass is 10.3. The molecule has 0 aliphatic carbocycles. The van der Waals surface area contributed by atoms with Crippen LogP contribution in [0.4, 0.5) is 5.69 Å². The summed E-state index contributed by atoms with van der Waals surface area (Å²) in [6, 6.07) is 4.56. The zero-order valence-electron chi connectivity index (χ0n) is 14.4. The second-order valence-electron chi connectivity index (χ2n) is 5.91. The summed E-state index contributed by atoms with van der Waals surface area (Å²) < 4.78 is 53.0. The Balaban J connectivity index is 2.19. The summed E-state index contributed by atoms with van der Waals surface area (Å²) in [5.41, 5.74) is 5.62. The van der Waals surface area contributed by atoms with Crippen LogP contribution in [0.1, 0.15) is 19.8 Å². The zero-order valence-corrected chi connectivity index (χ0v) is 16.9. The highest BCUT2D eigenvalue weighted by molar-refractivity contribution is 7.99. The number of amides is 1. The third-order valence-corrected chi connectivity index (χ3v) is 8.23. The van der Waals surface area contributed by atoms with E-state index in [0.29, 0.717) is 23.6 Å². The van der Waals surface area contributed by atoms with Crippen LogP contribution in [0.2, 0.25) is 0 Å². The molecule has 0 spiro atoms. The van der Waals surface area contributed by atoms with Gasteiger partial charge in [0.2, 0.25) is 26.0 Å². The number of nitrogens with two attached hydrogens (primary N) is 1. The normalized spacial score (nSPS) is 19.2. The largest absolute Gasteiger partial charge is 0.368 e. The number of carbonyl (C=O) groups excluding carboxylic acids is 1. The zero-order chi connectivity index (χ0) is 19.4. The van der Waals surface area contributed by atoms with Crippen LogP contribution in [0.15, 0.2) is 29.2 Å². The Morgan fingerprint density at radius 1 is 1.27 bits per heavy atom. The van der Waals surface area contributed by atoms with E-state index in [0.717, 1.165) is 10.7 Å².